The SMILES string of the molecule is COc1cc(N)c(Cl)cc1C(=O)N1CCCN(CC2CCCCC2)CC1. The molecule has 2 fully saturated rings. The summed E-state index contributed by atoms with van der Waals surface area (Å²) >= 11 is 6.13. The molecule has 1 aromatic rings. The van der Waals surface area contributed by atoms with Crippen molar-refractivity contribution < 1.29 is 9.53 Å². The highest BCUT2D eigenvalue weighted by Crippen LogP contribution is 2.30. The van der Waals surface area contributed by atoms with Crippen LogP contribution in [0.15, 0.2) is 12.1 Å². The van der Waals surface area contributed by atoms with Crippen LogP contribution in [0, 0.1) is 5.92 Å². The normalized spacial score (nSPS) is 20.0. The van der Waals surface area contributed by atoms with Gasteiger partial charge < -0.3 is 20.3 Å². The van der Waals surface area contributed by atoms with Crippen molar-refractivity contribution in [1.29, 1.82) is 0 Å². The molecule has 1 aliphatic carbocycles. The summed E-state index contributed by atoms with van der Waals surface area (Å²) in [5.41, 5.74) is 6.75. The van der Waals surface area contributed by atoms with Crippen molar-refractivity contribution in [3.8, 4) is 5.75 Å². The summed E-state index contributed by atoms with van der Waals surface area (Å²) in [7, 11) is 1.55. The zero-order valence-electron chi connectivity index (χ0n) is 15.7. The van der Waals surface area contributed by atoms with Crippen LogP contribution in [0.5, 0.6) is 5.75 Å². The van der Waals surface area contributed by atoms with Gasteiger partial charge in [0.1, 0.15) is 5.75 Å². The van der Waals surface area contributed by atoms with Gasteiger partial charge in [0.25, 0.3) is 5.91 Å². The third-order valence-corrected chi connectivity index (χ3v) is 5.99. The van der Waals surface area contributed by atoms with E-state index in [4.69, 9.17) is 22.1 Å². The van der Waals surface area contributed by atoms with E-state index in [-0.39, 0.29) is 5.91 Å². The number of nitrogen functional groups attached to an aromatic ring is 1. The van der Waals surface area contributed by atoms with Gasteiger partial charge in [-0.05, 0) is 37.8 Å². The van der Waals surface area contributed by atoms with Crippen molar-refractivity contribution in [2.24, 2.45) is 5.92 Å². The first-order valence-electron chi connectivity index (χ1n) is 9.73. The molecule has 1 saturated heterocycles. The standard InChI is InChI=1S/C20H30ClN3O2/c1-26-19-13-18(22)17(21)12-16(19)20(25)24-9-5-8-23(10-11-24)14-15-6-3-2-4-7-15/h12-13,15H,2-11,14,22H2,1H3. The van der Waals surface area contributed by atoms with Gasteiger partial charge in [0, 0.05) is 32.2 Å². The molecule has 1 saturated carbocycles. The number of halogens is 1. The molecule has 0 unspecified atom stereocenters. The molecule has 5 nitrogen and oxygen atoms in total. The summed E-state index contributed by atoms with van der Waals surface area (Å²) in [6, 6.07) is 3.26. The Kier molecular flexibility index (Phi) is 6.65. The van der Waals surface area contributed by atoms with Gasteiger partial charge in [-0.15, -0.1) is 0 Å². The first kappa shape index (κ1) is 19.3. The second-order valence-corrected chi connectivity index (χ2v) is 7.93. The van der Waals surface area contributed by atoms with Crippen LogP contribution >= 0.6 is 11.6 Å². The fraction of sp³-hybridized carbons (Fsp3) is 0.650. The molecule has 1 aromatic carbocycles. The van der Waals surface area contributed by atoms with E-state index in [2.05, 4.69) is 4.90 Å². The Balaban J connectivity index is 1.63. The van der Waals surface area contributed by atoms with Crippen molar-refractivity contribution in [3.63, 3.8) is 0 Å². The van der Waals surface area contributed by atoms with Gasteiger partial charge in [0.05, 0.1) is 23.4 Å². The third kappa shape index (κ3) is 4.63. The monoisotopic (exact) mass is 379 g/mol. The lowest BCUT2D eigenvalue weighted by Crippen LogP contribution is -2.37. The van der Waals surface area contributed by atoms with Gasteiger partial charge in [0.2, 0.25) is 0 Å². The minimum Gasteiger partial charge on any atom is -0.496 e. The summed E-state index contributed by atoms with van der Waals surface area (Å²) in [6.45, 7) is 4.70. The van der Waals surface area contributed by atoms with Gasteiger partial charge in [-0.25, -0.2) is 0 Å². The Bertz CT molecular complexity index is 632. The van der Waals surface area contributed by atoms with Gasteiger partial charge in [0.15, 0.2) is 0 Å². The molecule has 0 aromatic heterocycles. The van der Waals surface area contributed by atoms with Crippen LogP contribution in [0.4, 0.5) is 5.69 Å². The van der Waals surface area contributed by atoms with Gasteiger partial charge in [-0.1, -0.05) is 30.9 Å². The molecule has 144 valence electrons. The van der Waals surface area contributed by atoms with E-state index in [1.807, 2.05) is 4.90 Å². The average molecular weight is 380 g/mol. The van der Waals surface area contributed by atoms with Crippen LogP contribution in [0.3, 0.4) is 0 Å². The Morgan fingerprint density at radius 2 is 1.92 bits per heavy atom. The number of benzene rings is 1. The summed E-state index contributed by atoms with van der Waals surface area (Å²) < 4.78 is 5.35. The maximum absolute atomic E-state index is 13.0. The quantitative estimate of drug-likeness (QED) is 0.811. The van der Waals surface area contributed by atoms with Crippen LogP contribution in [0.1, 0.15) is 48.9 Å². The Hall–Kier alpha value is -1.46. The molecule has 2 N–H and O–H groups in total. The molecule has 6 heteroatoms. The number of amides is 1. The lowest BCUT2D eigenvalue weighted by atomic mass is 9.89. The van der Waals surface area contributed by atoms with E-state index >= 15 is 0 Å². The topological polar surface area (TPSA) is 58.8 Å². The molecule has 1 amide bonds. The maximum Gasteiger partial charge on any atom is 0.257 e. The smallest absolute Gasteiger partial charge is 0.257 e. The van der Waals surface area contributed by atoms with Crippen molar-refractivity contribution in [2.75, 3.05) is 45.6 Å². The lowest BCUT2D eigenvalue weighted by molar-refractivity contribution is 0.0756. The van der Waals surface area contributed by atoms with Crippen molar-refractivity contribution in [1.82, 2.24) is 9.80 Å². The minimum absolute atomic E-state index is 0.0248. The molecule has 3 rings (SSSR count). The van der Waals surface area contributed by atoms with Gasteiger partial charge in [-0.3, -0.25) is 4.79 Å². The van der Waals surface area contributed by atoms with Crippen LogP contribution in [0.25, 0.3) is 0 Å². The second-order valence-electron chi connectivity index (χ2n) is 7.52. The van der Waals surface area contributed by atoms with E-state index < -0.39 is 0 Å². The van der Waals surface area contributed by atoms with Crippen LogP contribution in [0.2, 0.25) is 5.02 Å². The second kappa shape index (κ2) is 8.96. The Morgan fingerprint density at radius 1 is 1.15 bits per heavy atom. The molecule has 1 aliphatic heterocycles. The fourth-order valence-corrected chi connectivity index (χ4v) is 4.33. The molecule has 2 aliphatic rings. The van der Waals surface area contributed by atoms with E-state index in [0.717, 1.165) is 38.5 Å². The van der Waals surface area contributed by atoms with E-state index in [0.29, 0.717) is 22.0 Å². The van der Waals surface area contributed by atoms with Crippen LogP contribution in [-0.4, -0.2) is 55.5 Å². The summed E-state index contributed by atoms with van der Waals surface area (Å²) in [5, 5.41) is 0.392. The highest BCUT2D eigenvalue weighted by Gasteiger charge is 2.25. The highest BCUT2D eigenvalue weighted by atomic mass is 35.5. The van der Waals surface area contributed by atoms with Gasteiger partial charge >= 0.3 is 0 Å². The number of hydrogen-bond donors (Lipinski definition) is 1. The van der Waals surface area contributed by atoms with E-state index in [9.17, 15) is 4.79 Å². The predicted octanol–water partition coefficient (Wildman–Crippen LogP) is 3.66. The van der Waals surface area contributed by atoms with E-state index in [1.54, 1.807) is 19.2 Å². The number of anilines is 1. The number of ether oxygens (including phenoxy) is 1. The summed E-state index contributed by atoms with van der Waals surface area (Å²) in [5.74, 6) is 1.30. The first-order chi connectivity index (χ1) is 12.6. The molecule has 0 bridgehead atoms. The zero-order valence-corrected chi connectivity index (χ0v) is 16.4. The summed E-state index contributed by atoms with van der Waals surface area (Å²) in [6.07, 6.45) is 7.87. The molecular formula is C20H30ClN3O2. The largest absolute Gasteiger partial charge is 0.496 e. The Labute approximate surface area is 161 Å². The molecule has 0 radical (unpaired) electrons. The number of methoxy groups -OCH3 is 1. The number of carbonyl (C=O) groups is 1. The van der Waals surface area contributed by atoms with Crippen LogP contribution < -0.4 is 10.5 Å². The lowest BCUT2D eigenvalue weighted by Gasteiger charge is -2.29. The molecule has 0 spiro atoms. The van der Waals surface area contributed by atoms with Crippen LogP contribution in [-0.2, 0) is 0 Å². The van der Waals surface area contributed by atoms with Gasteiger partial charge in [-0.2, -0.15) is 0 Å². The molecule has 0 atom stereocenters. The van der Waals surface area contributed by atoms with E-state index in [1.165, 1.54) is 38.6 Å². The minimum atomic E-state index is -0.0248. The first-order valence-corrected chi connectivity index (χ1v) is 10.1. The maximum atomic E-state index is 13.0. The number of nitrogens with two attached hydrogens (primary N) is 1. The molecule has 26 heavy (non-hydrogen) atoms. The average Bonchev–Trinajstić information content (AvgIpc) is 2.89. The fourth-order valence-electron chi connectivity index (χ4n) is 4.17. The van der Waals surface area contributed by atoms with Crippen molar-refractivity contribution >= 4 is 23.2 Å². The zero-order chi connectivity index (χ0) is 18.5. The third-order valence-electron chi connectivity index (χ3n) is 5.67. The number of nitrogens with zero attached hydrogens (tertiary/aromatic N) is 2. The number of carbonyl (C=O) groups excluding carboxylic acids is 1. The molecular weight excluding hydrogens is 350 g/mol. The van der Waals surface area contributed by atoms with Crippen molar-refractivity contribution in [2.45, 2.75) is 38.5 Å². The number of rotatable bonds is 4. The highest BCUT2D eigenvalue weighted by molar-refractivity contribution is 6.33. The number of hydrogen-bond acceptors (Lipinski definition) is 4. The predicted molar refractivity (Wildman–Crippen MR) is 106 cm³/mol. The summed E-state index contributed by atoms with van der Waals surface area (Å²) in [4.78, 5) is 17.5. The molecule has 1 heterocycles. The van der Waals surface area contributed by atoms with Crippen molar-refractivity contribution in [3.05, 3.63) is 22.7 Å². The Morgan fingerprint density at radius 3 is 2.65 bits per heavy atom.